The number of allylic oxidation sites excluding steroid dienone is 3. The quantitative estimate of drug-likeness (QED) is 0.538. The number of hydrogen-bond acceptors (Lipinski definition) is 3. The van der Waals surface area contributed by atoms with E-state index in [0.29, 0.717) is 25.7 Å². The van der Waals surface area contributed by atoms with Crippen molar-refractivity contribution in [3.8, 4) is 0 Å². The Balaban J connectivity index is 2.40. The van der Waals surface area contributed by atoms with E-state index in [1.165, 1.54) is 0 Å². The minimum atomic E-state index is -0.421. The Morgan fingerprint density at radius 3 is 2.83 bits per heavy atom. The largest absolute Gasteiger partial charge is 0.396 e. The molecule has 0 aliphatic heterocycles. The Bertz CT molecular complexity index is 364. The molecule has 0 fully saturated rings. The van der Waals surface area contributed by atoms with E-state index in [1.807, 2.05) is 18.2 Å². The molecular formula is C15H22O3. The highest BCUT2D eigenvalue weighted by Gasteiger charge is 2.17. The van der Waals surface area contributed by atoms with Crippen LogP contribution in [0.2, 0.25) is 0 Å². The van der Waals surface area contributed by atoms with Gasteiger partial charge in [0, 0.05) is 6.61 Å². The SMILES string of the molecule is CCC=CCC(O)CC=C1CC(CCO)=CC1=O. The summed E-state index contributed by atoms with van der Waals surface area (Å²) in [6.45, 7) is 2.13. The fourth-order valence-corrected chi connectivity index (χ4v) is 1.93. The van der Waals surface area contributed by atoms with E-state index >= 15 is 0 Å². The molecule has 0 aromatic heterocycles. The maximum Gasteiger partial charge on any atom is 0.181 e. The van der Waals surface area contributed by atoms with Gasteiger partial charge >= 0.3 is 0 Å². The second-order valence-electron chi connectivity index (χ2n) is 4.55. The molecule has 0 heterocycles. The standard InChI is InChI=1S/C15H22O3/c1-2-3-4-5-14(17)7-6-13-10-12(8-9-16)11-15(13)18/h3-4,6,11,14,16-17H,2,5,7-10H2,1H3. The van der Waals surface area contributed by atoms with Crippen molar-refractivity contribution in [3.05, 3.63) is 35.5 Å². The minimum absolute atomic E-state index is 0.0229. The lowest BCUT2D eigenvalue weighted by molar-refractivity contribution is -0.111. The maximum atomic E-state index is 11.6. The molecule has 1 aliphatic rings. The van der Waals surface area contributed by atoms with Crippen molar-refractivity contribution in [3.63, 3.8) is 0 Å². The number of carbonyl (C=O) groups excluding carboxylic acids is 1. The lowest BCUT2D eigenvalue weighted by atomic mass is 10.1. The van der Waals surface area contributed by atoms with Gasteiger partial charge in [-0.15, -0.1) is 0 Å². The summed E-state index contributed by atoms with van der Waals surface area (Å²) < 4.78 is 0. The van der Waals surface area contributed by atoms with Crippen molar-refractivity contribution in [1.29, 1.82) is 0 Å². The van der Waals surface area contributed by atoms with Crippen LogP contribution in [0.4, 0.5) is 0 Å². The summed E-state index contributed by atoms with van der Waals surface area (Å²) in [6.07, 6.45) is 10.3. The topological polar surface area (TPSA) is 57.5 Å². The van der Waals surface area contributed by atoms with Crippen LogP contribution in [-0.4, -0.2) is 28.7 Å². The van der Waals surface area contributed by atoms with E-state index < -0.39 is 6.10 Å². The average molecular weight is 250 g/mol. The number of rotatable bonds is 7. The summed E-state index contributed by atoms with van der Waals surface area (Å²) in [5, 5.41) is 18.5. The first-order valence-corrected chi connectivity index (χ1v) is 6.54. The molecule has 1 rings (SSSR count). The highest BCUT2D eigenvalue weighted by Crippen LogP contribution is 2.24. The van der Waals surface area contributed by atoms with Crippen molar-refractivity contribution in [2.45, 2.75) is 45.1 Å². The van der Waals surface area contributed by atoms with Gasteiger partial charge < -0.3 is 10.2 Å². The van der Waals surface area contributed by atoms with E-state index in [9.17, 15) is 9.90 Å². The van der Waals surface area contributed by atoms with Gasteiger partial charge in [-0.25, -0.2) is 0 Å². The number of aliphatic hydroxyl groups is 2. The average Bonchev–Trinajstić information content (AvgIpc) is 2.68. The number of ketones is 1. The summed E-state index contributed by atoms with van der Waals surface area (Å²) >= 11 is 0. The van der Waals surface area contributed by atoms with E-state index in [4.69, 9.17) is 5.11 Å². The predicted octanol–water partition coefficient (Wildman–Crippen LogP) is 2.30. The van der Waals surface area contributed by atoms with E-state index in [2.05, 4.69) is 6.92 Å². The Morgan fingerprint density at radius 1 is 1.39 bits per heavy atom. The molecule has 3 nitrogen and oxygen atoms in total. The second-order valence-corrected chi connectivity index (χ2v) is 4.55. The predicted molar refractivity (Wildman–Crippen MR) is 72.2 cm³/mol. The van der Waals surface area contributed by atoms with Gasteiger partial charge in [0.05, 0.1) is 6.10 Å². The Morgan fingerprint density at radius 2 is 2.17 bits per heavy atom. The minimum Gasteiger partial charge on any atom is -0.396 e. The molecule has 1 aliphatic carbocycles. The molecule has 0 bridgehead atoms. The number of carbonyl (C=O) groups is 1. The van der Waals surface area contributed by atoms with Gasteiger partial charge in [-0.3, -0.25) is 4.79 Å². The Kier molecular flexibility index (Phi) is 6.61. The number of hydrogen-bond donors (Lipinski definition) is 2. The first-order chi connectivity index (χ1) is 8.67. The molecule has 0 spiro atoms. The molecule has 0 amide bonds. The van der Waals surface area contributed by atoms with Crippen molar-refractivity contribution in [1.82, 2.24) is 0 Å². The van der Waals surface area contributed by atoms with Gasteiger partial charge in [0.1, 0.15) is 0 Å². The smallest absolute Gasteiger partial charge is 0.181 e. The first kappa shape index (κ1) is 14.9. The maximum absolute atomic E-state index is 11.6. The molecule has 3 heteroatoms. The normalized spacial score (nSPS) is 19.8. The monoisotopic (exact) mass is 250 g/mol. The third-order valence-electron chi connectivity index (χ3n) is 2.95. The van der Waals surface area contributed by atoms with Crippen molar-refractivity contribution < 1.29 is 15.0 Å². The summed E-state index contributed by atoms with van der Waals surface area (Å²) in [7, 11) is 0. The zero-order valence-electron chi connectivity index (χ0n) is 10.9. The van der Waals surface area contributed by atoms with Crippen LogP contribution in [0.5, 0.6) is 0 Å². The molecule has 0 aromatic carbocycles. The van der Waals surface area contributed by atoms with Gasteiger partial charge in [0.15, 0.2) is 5.78 Å². The summed E-state index contributed by atoms with van der Waals surface area (Å²) in [5.74, 6) is 0.0229. The van der Waals surface area contributed by atoms with Gasteiger partial charge in [-0.05, 0) is 43.8 Å². The van der Waals surface area contributed by atoms with Gasteiger partial charge in [0.25, 0.3) is 0 Å². The molecule has 18 heavy (non-hydrogen) atoms. The lowest BCUT2D eigenvalue weighted by Gasteiger charge is -2.05. The molecule has 0 radical (unpaired) electrons. The summed E-state index contributed by atoms with van der Waals surface area (Å²) in [6, 6.07) is 0. The molecule has 1 atom stereocenters. The third kappa shape index (κ3) is 4.98. The molecule has 0 saturated heterocycles. The van der Waals surface area contributed by atoms with Crippen LogP contribution in [0.15, 0.2) is 35.5 Å². The molecule has 0 saturated carbocycles. The molecule has 2 N–H and O–H groups in total. The fourth-order valence-electron chi connectivity index (χ4n) is 1.93. The Hall–Kier alpha value is -1.19. The molecule has 0 aromatic rings. The van der Waals surface area contributed by atoms with E-state index in [0.717, 1.165) is 17.6 Å². The van der Waals surface area contributed by atoms with Crippen LogP contribution < -0.4 is 0 Å². The molecular weight excluding hydrogens is 228 g/mol. The lowest BCUT2D eigenvalue weighted by Crippen LogP contribution is -2.04. The van der Waals surface area contributed by atoms with Crippen molar-refractivity contribution in [2.24, 2.45) is 0 Å². The third-order valence-corrected chi connectivity index (χ3v) is 2.95. The van der Waals surface area contributed by atoms with Gasteiger partial charge in [-0.1, -0.05) is 30.7 Å². The number of aliphatic hydroxyl groups excluding tert-OH is 2. The Labute approximate surface area is 109 Å². The fraction of sp³-hybridized carbons (Fsp3) is 0.533. The van der Waals surface area contributed by atoms with Crippen LogP contribution in [0.25, 0.3) is 0 Å². The summed E-state index contributed by atoms with van der Waals surface area (Å²) in [4.78, 5) is 11.6. The molecule has 100 valence electrons. The van der Waals surface area contributed by atoms with Crippen LogP contribution >= 0.6 is 0 Å². The van der Waals surface area contributed by atoms with Crippen molar-refractivity contribution in [2.75, 3.05) is 6.61 Å². The highest BCUT2D eigenvalue weighted by molar-refractivity contribution is 6.07. The first-order valence-electron chi connectivity index (χ1n) is 6.54. The van der Waals surface area contributed by atoms with Crippen LogP contribution in [0.3, 0.4) is 0 Å². The highest BCUT2D eigenvalue weighted by atomic mass is 16.3. The van der Waals surface area contributed by atoms with E-state index in [-0.39, 0.29) is 12.4 Å². The van der Waals surface area contributed by atoms with Crippen LogP contribution in [0, 0.1) is 0 Å². The zero-order valence-corrected chi connectivity index (χ0v) is 10.9. The summed E-state index contributed by atoms with van der Waals surface area (Å²) in [5.41, 5.74) is 1.73. The van der Waals surface area contributed by atoms with Crippen LogP contribution in [-0.2, 0) is 4.79 Å². The van der Waals surface area contributed by atoms with Crippen LogP contribution in [0.1, 0.15) is 39.0 Å². The van der Waals surface area contributed by atoms with E-state index in [1.54, 1.807) is 6.08 Å². The van der Waals surface area contributed by atoms with Crippen molar-refractivity contribution >= 4 is 5.78 Å². The second kappa shape index (κ2) is 8.01. The van der Waals surface area contributed by atoms with Gasteiger partial charge in [-0.2, -0.15) is 0 Å². The molecule has 1 unspecified atom stereocenters. The van der Waals surface area contributed by atoms with Gasteiger partial charge in [0.2, 0.25) is 0 Å². The zero-order chi connectivity index (χ0) is 13.4.